The molecular formula is C25H22N3+. The number of benzene rings is 3. The molecule has 5 rings (SSSR count). The molecule has 0 radical (unpaired) electrons. The number of hydrogen-bond acceptors (Lipinski definition) is 1. The Bertz CT molecular complexity index is 1350. The highest BCUT2D eigenvalue weighted by atomic mass is 15.1. The van der Waals surface area contributed by atoms with E-state index in [2.05, 4.69) is 103 Å². The number of nitrogens with zero attached hydrogens (tertiary/aromatic N) is 3. The van der Waals surface area contributed by atoms with Gasteiger partial charge in [-0.05, 0) is 42.8 Å². The normalized spacial score (nSPS) is 11.4. The number of rotatable bonds is 2. The summed E-state index contributed by atoms with van der Waals surface area (Å²) in [6, 6.07) is 27.7. The van der Waals surface area contributed by atoms with Gasteiger partial charge in [0.1, 0.15) is 12.9 Å². The van der Waals surface area contributed by atoms with Crippen molar-refractivity contribution in [2.75, 3.05) is 0 Å². The van der Waals surface area contributed by atoms with E-state index in [1.165, 1.54) is 33.3 Å². The SMILES string of the molecule is Cc1c(-c2nc3ccccc3n2C)cccc1-c1ccc2ccccc2[n+]1C. The molecular weight excluding hydrogens is 342 g/mol. The van der Waals surface area contributed by atoms with Gasteiger partial charge in [0, 0.05) is 35.7 Å². The summed E-state index contributed by atoms with van der Waals surface area (Å²) in [6.07, 6.45) is 0. The van der Waals surface area contributed by atoms with Crippen LogP contribution >= 0.6 is 0 Å². The van der Waals surface area contributed by atoms with E-state index in [4.69, 9.17) is 4.98 Å². The number of imidazole rings is 1. The van der Waals surface area contributed by atoms with Crippen molar-refractivity contribution < 1.29 is 4.57 Å². The number of hydrogen-bond donors (Lipinski definition) is 0. The molecule has 136 valence electrons. The van der Waals surface area contributed by atoms with E-state index in [0.29, 0.717) is 0 Å². The smallest absolute Gasteiger partial charge is 0.213 e. The number of fused-ring (bicyclic) bond motifs is 2. The van der Waals surface area contributed by atoms with Crippen molar-refractivity contribution in [3.05, 3.63) is 84.4 Å². The Morgan fingerprint density at radius 3 is 2.39 bits per heavy atom. The van der Waals surface area contributed by atoms with Crippen LogP contribution in [0.2, 0.25) is 0 Å². The van der Waals surface area contributed by atoms with Crippen LogP contribution in [0.5, 0.6) is 0 Å². The first kappa shape index (κ1) is 16.7. The largest absolute Gasteiger partial charge is 0.327 e. The van der Waals surface area contributed by atoms with Crippen LogP contribution in [0.4, 0.5) is 0 Å². The quantitative estimate of drug-likeness (QED) is 0.395. The maximum Gasteiger partial charge on any atom is 0.213 e. The molecule has 0 saturated carbocycles. The molecule has 0 aliphatic carbocycles. The Balaban J connectivity index is 1.74. The van der Waals surface area contributed by atoms with Gasteiger partial charge in [0.05, 0.1) is 11.0 Å². The molecule has 28 heavy (non-hydrogen) atoms. The molecule has 0 bridgehead atoms. The van der Waals surface area contributed by atoms with Gasteiger partial charge in [-0.1, -0.05) is 36.4 Å². The molecule has 0 atom stereocenters. The van der Waals surface area contributed by atoms with Gasteiger partial charge in [-0.25, -0.2) is 4.98 Å². The lowest BCUT2D eigenvalue weighted by molar-refractivity contribution is -0.633. The summed E-state index contributed by atoms with van der Waals surface area (Å²) < 4.78 is 4.46. The second-order valence-electron chi connectivity index (χ2n) is 7.30. The molecule has 3 aromatic carbocycles. The van der Waals surface area contributed by atoms with E-state index in [1.54, 1.807) is 0 Å². The molecule has 0 fully saturated rings. The summed E-state index contributed by atoms with van der Waals surface area (Å²) in [6.45, 7) is 2.19. The van der Waals surface area contributed by atoms with E-state index >= 15 is 0 Å². The number of aromatic nitrogens is 3. The van der Waals surface area contributed by atoms with Crippen LogP contribution in [0, 0.1) is 6.92 Å². The minimum atomic E-state index is 1.00. The lowest BCUT2D eigenvalue weighted by atomic mass is 9.98. The molecule has 0 amide bonds. The highest BCUT2D eigenvalue weighted by Crippen LogP contribution is 2.32. The van der Waals surface area contributed by atoms with Crippen molar-refractivity contribution in [2.45, 2.75) is 6.92 Å². The average Bonchev–Trinajstić information content (AvgIpc) is 3.06. The molecule has 0 spiro atoms. The minimum Gasteiger partial charge on any atom is -0.327 e. The van der Waals surface area contributed by atoms with E-state index < -0.39 is 0 Å². The Labute approximate surface area is 164 Å². The summed E-state index contributed by atoms with van der Waals surface area (Å²) in [7, 11) is 4.23. The van der Waals surface area contributed by atoms with Crippen molar-refractivity contribution in [2.24, 2.45) is 14.1 Å². The van der Waals surface area contributed by atoms with Gasteiger partial charge in [0.15, 0.2) is 0 Å². The lowest BCUT2D eigenvalue weighted by Crippen LogP contribution is -2.32. The maximum atomic E-state index is 4.91. The van der Waals surface area contributed by atoms with Crippen molar-refractivity contribution in [3.63, 3.8) is 0 Å². The topological polar surface area (TPSA) is 21.7 Å². The van der Waals surface area contributed by atoms with Crippen molar-refractivity contribution in [1.29, 1.82) is 0 Å². The maximum absolute atomic E-state index is 4.91. The van der Waals surface area contributed by atoms with Crippen molar-refractivity contribution in [1.82, 2.24) is 9.55 Å². The third-order valence-electron chi connectivity index (χ3n) is 5.72. The van der Waals surface area contributed by atoms with E-state index in [-0.39, 0.29) is 0 Å². The van der Waals surface area contributed by atoms with Gasteiger partial charge >= 0.3 is 0 Å². The van der Waals surface area contributed by atoms with Crippen LogP contribution < -0.4 is 4.57 Å². The highest BCUT2D eigenvalue weighted by Gasteiger charge is 2.19. The summed E-state index contributed by atoms with van der Waals surface area (Å²) >= 11 is 0. The van der Waals surface area contributed by atoms with Gasteiger partial charge in [-0.3, -0.25) is 0 Å². The highest BCUT2D eigenvalue weighted by molar-refractivity contribution is 5.83. The summed E-state index contributed by atoms with van der Waals surface area (Å²) in [5, 5.41) is 1.25. The van der Waals surface area contributed by atoms with Gasteiger partial charge in [0.2, 0.25) is 11.2 Å². The second kappa shape index (κ2) is 6.31. The molecule has 5 aromatic rings. The van der Waals surface area contributed by atoms with Crippen LogP contribution in [-0.2, 0) is 14.1 Å². The minimum absolute atomic E-state index is 1.00. The number of para-hydroxylation sites is 3. The zero-order chi connectivity index (χ0) is 19.3. The fraction of sp³-hybridized carbons (Fsp3) is 0.120. The monoisotopic (exact) mass is 364 g/mol. The van der Waals surface area contributed by atoms with Gasteiger partial charge < -0.3 is 4.57 Å². The average molecular weight is 364 g/mol. The standard InChI is InChI=1S/C25H22N3/c1-17-19(23-16-15-18-9-4-6-13-22(18)27(23)2)10-8-11-20(17)25-26-21-12-5-7-14-24(21)28(25)3/h4-16H,1-3H3/q+1. The van der Waals surface area contributed by atoms with E-state index in [0.717, 1.165) is 16.9 Å². The third-order valence-corrected chi connectivity index (χ3v) is 5.72. The summed E-state index contributed by atoms with van der Waals surface area (Å²) in [5.41, 5.74) is 8.26. The summed E-state index contributed by atoms with van der Waals surface area (Å²) in [5.74, 6) is 1.00. The third kappa shape index (κ3) is 2.43. The Morgan fingerprint density at radius 2 is 1.54 bits per heavy atom. The predicted molar refractivity (Wildman–Crippen MR) is 115 cm³/mol. The number of pyridine rings is 1. The van der Waals surface area contributed by atoms with Crippen LogP contribution in [0.1, 0.15) is 5.56 Å². The first-order valence-electron chi connectivity index (χ1n) is 9.55. The first-order chi connectivity index (χ1) is 13.6. The van der Waals surface area contributed by atoms with Crippen LogP contribution in [0.25, 0.3) is 44.6 Å². The molecule has 3 nitrogen and oxygen atoms in total. The van der Waals surface area contributed by atoms with Gasteiger partial charge in [-0.15, -0.1) is 0 Å². The predicted octanol–water partition coefficient (Wildman–Crippen LogP) is 5.19. The molecule has 3 heteroatoms. The molecule has 0 saturated heterocycles. The molecule has 2 aromatic heterocycles. The van der Waals surface area contributed by atoms with Crippen molar-refractivity contribution >= 4 is 21.9 Å². The Hall–Kier alpha value is -3.46. The fourth-order valence-electron chi connectivity index (χ4n) is 4.16. The molecule has 0 aliphatic heterocycles. The molecule has 0 aliphatic rings. The van der Waals surface area contributed by atoms with Crippen LogP contribution in [-0.4, -0.2) is 9.55 Å². The Morgan fingerprint density at radius 1 is 0.786 bits per heavy atom. The second-order valence-corrected chi connectivity index (χ2v) is 7.30. The van der Waals surface area contributed by atoms with E-state index in [1.807, 2.05) is 6.07 Å². The van der Waals surface area contributed by atoms with Crippen molar-refractivity contribution in [3.8, 4) is 22.6 Å². The zero-order valence-electron chi connectivity index (χ0n) is 16.3. The van der Waals surface area contributed by atoms with Gasteiger partial charge in [0.25, 0.3) is 0 Å². The lowest BCUT2D eigenvalue weighted by Gasteiger charge is -2.11. The van der Waals surface area contributed by atoms with Crippen LogP contribution in [0.15, 0.2) is 78.9 Å². The zero-order valence-corrected chi connectivity index (χ0v) is 16.3. The number of aryl methyl sites for hydroxylation is 2. The van der Waals surface area contributed by atoms with Gasteiger partial charge in [-0.2, -0.15) is 4.57 Å². The molecule has 0 N–H and O–H groups in total. The molecule has 2 heterocycles. The molecule has 0 unspecified atom stereocenters. The van der Waals surface area contributed by atoms with Crippen LogP contribution in [0.3, 0.4) is 0 Å². The summed E-state index contributed by atoms with van der Waals surface area (Å²) in [4.78, 5) is 4.91. The fourth-order valence-corrected chi connectivity index (χ4v) is 4.16. The van der Waals surface area contributed by atoms with E-state index in [9.17, 15) is 0 Å². The first-order valence-corrected chi connectivity index (χ1v) is 9.55. The Kier molecular flexibility index (Phi) is 3.76.